The number of rotatable bonds is 9. The monoisotopic (exact) mass is 417 g/mol. The predicted octanol–water partition coefficient (Wildman–Crippen LogP) is 1.15. The molecule has 0 aliphatic heterocycles. The summed E-state index contributed by atoms with van der Waals surface area (Å²) >= 11 is 0. The molecular weight excluding hydrogens is 394 g/mol. The molecule has 0 radical (unpaired) electrons. The number of hydrogen-bond acceptors (Lipinski definition) is 5. The minimum absolute atomic E-state index is 0.0387. The summed E-state index contributed by atoms with van der Waals surface area (Å²) in [6, 6.07) is 14.2. The van der Waals surface area contributed by atoms with Gasteiger partial charge in [-0.1, -0.05) is 35.2 Å². The first-order valence-corrected chi connectivity index (χ1v) is 10.7. The fourth-order valence-electron chi connectivity index (χ4n) is 2.77. The van der Waals surface area contributed by atoms with Gasteiger partial charge in [-0.3, -0.25) is 14.4 Å². The Morgan fingerprint density at radius 3 is 2.31 bits per heavy atom. The van der Waals surface area contributed by atoms with Crippen LogP contribution >= 0.6 is 0 Å². The topological polar surface area (TPSA) is 114 Å². The number of hydrogen-bond donors (Lipinski definition) is 3. The number of nitrogens with one attached hydrogen (secondary N) is 3. The van der Waals surface area contributed by atoms with E-state index in [1.54, 1.807) is 0 Å². The smallest absolute Gasteiger partial charge is 0.262 e. The maximum atomic E-state index is 12.7. The van der Waals surface area contributed by atoms with E-state index in [-0.39, 0.29) is 22.4 Å². The van der Waals surface area contributed by atoms with Gasteiger partial charge in [-0.25, -0.2) is 8.42 Å². The Labute approximate surface area is 169 Å². The van der Waals surface area contributed by atoms with Crippen LogP contribution < -0.4 is 15.5 Å². The molecule has 8 nitrogen and oxygen atoms in total. The van der Waals surface area contributed by atoms with Crippen LogP contribution in [-0.2, 0) is 26.1 Å². The first-order valence-electron chi connectivity index (χ1n) is 9.19. The van der Waals surface area contributed by atoms with Crippen molar-refractivity contribution in [2.45, 2.75) is 36.2 Å². The van der Waals surface area contributed by atoms with Gasteiger partial charge in [0.2, 0.25) is 5.91 Å². The highest BCUT2D eigenvalue weighted by Gasteiger charge is 2.29. The van der Waals surface area contributed by atoms with E-state index >= 15 is 0 Å². The third-order valence-electron chi connectivity index (χ3n) is 4.45. The molecule has 0 aromatic heterocycles. The molecule has 3 N–H and O–H groups in total. The molecule has 2 aromatic rings. The van der Waals surface area contributed by atoms with E-state index in [0.29, 0.717) is 6.42 Å². The van der Waals surface area contributed by atoms with Crippen molar-refractivity contribution < 1.29 is 22.8 Å². The molecule has 0 bridgehead atoms. The van der Waals surface area contributed by atoms with E-state index in [1.165, 1.54) is 31.4 Å². The molecule has 0 saturated heterocycles. The average molecular weight is 417 g/mol. The summed E-state index contributed by atoms with van der Waals surface area (Å²) in [5.74, 6) is -0.686. The summed E-state index contributed by atoms with van der Waals surface area (Å²) < 4.78 is 23.8. The van der Waals surface area contributed by atoms with Crippen molar-refractivity contribution in [1.29, 1.82) is 0 Å². The van der Waals surface area contributed by atoms with Crippen molar-refractivity contribution in [1.82, 2.24) is 15.5 Å². The highest BCUT2D eigenvalue weighted by Crippen LogP contribution is 2.19. The van der Waals surface area contributed by atoms with Gasteiger partial charge in [0.25, 0.3) is 15.9 Å². The van der Waals surface area contributed by atoms with E-state index in [2.05, 4.69) is 15.5 Å². The van der Waals surface area contributed by atoms with Crippen LogP contribution in [0.2, 0.25) is 0 Å². The second-order valence-electron chi connectivity index (χ2n) is 6.81. The molecule has 1 fully saturated rings. The number of sulfonamides is 1. The summed E-state index contributed by atoms with van der Waals surface area (Å²) in [7, 11) is -2.61. The normalized spacial score (nSPS) is 14.8. The molecule has 29 heavy (non-hydrogen) atoms. The maximum absolute atomic E-state index is 12.7. The molecule has 2 amide bonds. The summed E-state index contributed by atoms with van der Waals surface area (Å²) in [5.41, 5.74) is 1.18. The largest absolute Gasteiger partial charge is 0.352 e. The van der Waals surface area contributed by atoms with Crippen LogP contribution in [0.15, 0.2) is 59.5 Å². The van der Waals surface area contributed by atoms with Crippen molar-refractivity contribution in [2.24, 2.45) is 0 Å². The summed E-state index contributed by atoms with van der Waals surface area (Å²) in [6.45, 7) is 0. The first kappa shape index (κ1) is 21.0. The van der Waals surface area contributed by atoms with Crippen molar-refractivity contribution in [3.05, 3.63) is 65.7 Å². The Morgan fingerprint density at radius 1 is 1.07 bits per heavy atom. The van der Waals surface area contributed by atoms with Gasteiger partial charge in [0.1, 0.15) is 6.04 Å². The summed E-state index contributed by atoms with van der Waals surface area (Å²) in [6.07, 6.45) is 2.25. The molecule has 0 spiro atoms. The fourth-order valence-corrected chi connectivity index (χ4v) is 3.58. The molecule has 1 aliphatic rings. The Hall–Kier alpha value is -2.75. The Morgan fingerprint density at radius 2 is 1.72 bits per heavy atom. The molecule has 2 aromatic carbocycles. The van der Waals surface area contributed by atoms with Crippen molar-refractivity contribution in [2.75, 3.05) is 7.11 Å². The van der Waals surface area contributed by atoms with E-state index in [4.69, 9.17) is 0 Å². The molecule has 154 valence electrons. The van der Waals surface area contributed by atoms with Gasteiger partial charge in [0.15, 0.2) is 0 Å². The molecule has 1 atom stereocenters. The average Bonchev–Trinajstić information content (AvgIpc) is 3.52. The fraction of sp³-hybridized carbons (Fsp3) is 0.300. The Kier molecular flexibility index (Phi) is 6.63. The minimum Gasteiger partial charge on any atom is -0.352 e. The van der Waals surface area contributed by atoms with E-state index < -0.39 is 22.0 Å². The van der Waals surface area contributed by atoms with Crippen molar-refractivity contribution in [3.8, 4) is 0 Å². The van der Waals surface area contributed by atoms with Gasteiger partial charge in [0.05, 0.1) is 12.0 Å². The predicted molar refractivity (Wildman–Crippen MR) is 106 cm³/mol. The van der Waals surface area contributed by atoms with Crippen LogP contribution in [0.3, 0.4) is 0 Å². The lowest BCUT2D eigenvalue weighted by atomic mass is 10.0. The van der Waals surface area contributed by atoms with E-state index in [9.17, 15) is 18.0 Å². The van der Waals surface area contributed by atoms with Gasteiger partial charge in [0, 0.05) is 18.0 Å². The SMILES string of the molecule is CONS(=O)(=O)c1ccc(C(=O)NC(Cc2ccccc2)C(=O)NC2CC2)cc1. The third kappa shape index (κ3) is 5.86. The molecule has 3 rings (SSSR count). The lowest BCUT2D eigenvalue weighted by Crippen LogP contribution is -2.48. The van der Waals surface area contributed by atoms with Gasteiger partial charge in [-0.2, -0.15) is 0 Å². The molecule has 9 heteroatoms. The minimum atomic E-state index is -3.80. The molecule has 0 heterocycles. The van der Waals surface area contributed by atoms with Crippen LogP contribution in [0.1, 0.15) is 28.8 Å². The zero-order valence-electron chi connectivity index (χ0n) is 15.9. The van der Waals surface area contributed by atoms with Crippen LogP contribution in [0.5, 0.6) is 0 Å². The Balaban J connectivity index is 1.72. The molecular formula is C20H23N3O5S. The van der Waals surface area contributed by atoms with E-state index in [0.717, 1.165) is 18.4 Å². The summed E-state index contributed by atoms with van der Waals surface area (Å²) in [4.78, 5) is 31.6. The lowest BCUT2D eigenvalue weighted by molar-refractivity contribution is -0.123. The Bertz CT molecular complexity index is 957. The third-order valence-corrected chi connectivity index (χ3v) is 5.73. The standard InChI is InChI=1S/C20H23N3O5S/c1-28-23-29(26,27)17-11-7-15(8-12-17)19(24)22-18(20(25)21-16-9-10-16)13-14-5-3-2-4-6-14/h2-8,11-12,16,18,23H,9-10,13H2,1H3,(H,21,25)(H,22,24). The van der Waals surface area contributed by atoms with Gasteiger partial charge in [-0.15, -0.1) is 0 Å². The zero-order chi connectivity index (χ0) is 20.9. The number of amides is 2. The van der Waals surface area contributed by atoms with E-state index in [1.807, 2.05) is 35.2 Å². The quantitative estimate of drug-likeness (QED) is 0.530. The van der Waals surface area contributed by atoms with Gasteiger partial charge >= 0.3 is 0 Å². The number of carbonyl (C=O) groups excluding carboxylic acids is 2. The lowest BCUT2D eigenvalue weighted by Gasteiger charge is -2.19. The number of benzene rings is 2. The van der Waals surface area contributed by atoms with Gasteiger partial charge in [-0.05, 0) is 42.7 Å². The highest BCUT2D eigenvalue weighted by molar-refractivity contribution is 7.89. The summed E-state index contributed by atoms with van der Waals surface area (Å²) in [5, 5.41) is 5.68. The van der Waals surface area contributed by atoms with Crippen molar-refractivity contribution >= 4 is 21.8 Å². The van der Waals surface area contributed by atoms with Crippen molar-refractivity contribution in [3.63, 3.8) is 0 Å². The maximum Gasteiger partial charge on any atom is 0.262 e. The first-order chi connectivity index (χ1) is 13.9. The number of carbonyl (C=O) groups is 2. The van der Waals surface area contributed by atoms with Crippen LogP contribution in [0.4, 0.5) is 0 Å². The highest BCUT2D eigenvalue weighted by atomic mass is 32.2. The van der Waals surface area contributed by atoms with Crippen LogP contribution in [-0.4, -0.2) is 39.4 Å². The van der Waals surface area contributed by atoms with Gasteiger partial charge < -0.3 is 10.6 Å². The molecule has 1 aliphatic carbocycles. The second-order valence-corrected chi connectivity index (χ2v) is 8.46. The zero-order valence-corrected chi connectivity index (χ0v) is 16.7. The molecule has 1 saturated carbocycles. The van der Waals surface area contributed by atoms with Crippen LogP contribution in [0.25, 0.3) is 0 Å². The van der Waals surface area contributed by atoms with Crippen LogP contribution in [0, 0.1) is 0 Å². The molecule has 1 unspecified atom stereocenters. The second kappa shape index (κ2) is 9.17.